The predicted octanol–water partition coefficient (Wildman–Crippen LogP) is 6.64. The molecule has 1 aromatic heterocycles. The van der Waals surface area contributed by atoms with Crippen molar-refractivity contribution in [3.63, 3.8) is 0 Å². The number of thiophene rings is 1. The molecule has 6 nitrogen and oxygen atoms in total. The molecule has 0 spiro atoms. The van der Waals surface area contributed by atoms with Gasteiger partial charge in [0.1, 0.15) is 0 Å². The van der Waals surface area contributed by atoms with Crippen molar-refractivity contribution in [1.82, 2.24) is 9.80 Å². The number of rotatable bonds is 6. The number of benzene rings is 2. The van der Waals surface area contributed by atoms with Gasteiger partial charge in [-0.2, -0.15) is 24.5 Å². The second-order valence-corrected chi connectivity index (χ2v) is 11.6. The molecule has 0 radical (unpaired) electrons. The Kier molecular flexibility index (Phi) is 10.9. The first kappa shape index (κ1) is 31.3. The summed E-state index contributed by atoms with van der Waals surface area (Å²) in [6, 6.07) is 18.4. The van der Waals surface area contributed by atoms with E-state index in [4.69, 9.17) is 9.90 Å². The Bertz CT molecular complexity index is 1220. The Hall–Kier alpha value is -3.21. The Morgan fingerprint density at radius 1 is 0.850 bits per heavy atom. The highest BCUT2D eigenvalue weighted by atomic mass is 32.1. The molecule has 0 unspecified atom stereocenters. The summed E-state index contributed by atoms with van der Waals surface area (Å²) in [6.45, 7) is 13.0. The summed E-state index contributed by atoms with van der Waals surface area (Å²) in [6.07, 6.45) is -3.89. The standard InChI is InChI=1S/C28H35N3OS.C2HF3O2/c1-28(2,3)25-9-11-26(12-10-25)29-27(32)24-7-5-22(6-8-24)19-30-14-4-15-31(17-16-30)20-23-13-18-33-21-23;3-2(4,5)1(6)7/h5-13,18,21H,4,14-17,19-20H2,1-3H3,(H,29,32);(H,6,7). The molecule has 2 heterocycles. The van der Waals surface area contributed by atoms with Crippen LogP contribution >= 0.6 is 11.3 Å². The summed E-state index contributed by atoms with van der Waals surface area (Å²) in [7, 11) is 0. The zero-order valence-electron chi connectivity index (χ0n) is 23.0. The normalized spacial score (nSPS) is 15.1. The molecule has 1 aliphatic heterocycles. The van der Waals surface area contributed by atoms with Crippen molar-refractivity contribution in [3.8, 4) is 0 Å². The van der Waals surface area contributed by atoms with Crippen LogP contribution in [-0.2, 0) is 23.3 Å². The summed E-state index contributed by atoms with van der Waals surface area (Å²) in [4.78, 5) is 26.7. The Morgan fingerprint density at radius 2 is 1.40 bits per heavy atom. The average Bonchev–Trinajstić information content (AvgIpc) is 3.30. The van der Waals surface area contributed by atoms with E-state index in [2.05, 4.69) is 77.0 Å². The number of carbonyl (C=O) groups excluding carboxylic acids is 1. The molecule has 0 atom stereocenters. The van der Waals surface area contributed by atoms with Crippen LogP contribution in [0.3, 0.4) is 0 Å². The smallest absolute Gasteiger partial charge is 0.475 e. The van der Waals surface area contributed by atoms with Crippen LogP contribution < -0.4 is 5.32 Å². The highest BCUT2D eigenvalue weighted by molar-refractivity contribution is 7.07. The second-order valence-electron chi connectivity index (χ2n) is 10.8. The van der Waals surface area contributed by atoms with E-state index in [0.717, 1.165) is 45.0 Å². The number of nitrogens with zero attached hydrogens (tertiary/aromatic N) is 2. The first-order valence-electron chi connectivity index (χ1n) is 13.1. The third-order valence-electron chi connectivity index (χ3n) is 6.54. The number of aliphatic carboxylic acids is 1. The fourth-order valence-electron chi connectivity index (χ4n) is 4.26. The van der Waals surface area contributed by atoms with Gasteiger partial charge in [-0.15, -0.1) is 0 Å². The second kappa shape index (κ2) is 13.9. The molecule has 4 rings (SSSR count). The van der Waals surface area contributed by atoms with E-state index in [1.54, 1.807) is 11.3 Å². The van der Waals surface area contributed by atoms with Crippen molar-refractivity contribution < 1.29 is 27.9 Å². The minimum absolute atomic E-state index is 0.0658. The predicted molar refractivity (Wildman–Crippen MR) is 153 cm³/mol. The lowest BCUT2D eigenvalue weighted by Gasteiger charge is -2.21. The van der Waals surface area contributed by atoms with Crippen molar-refractivity contribution in [1.29, 1.82) is 0 Å². The quantitative estimate of drug-likeness (QED) is 0.345. The van der Waals surface area contributed by atoms with E-state index in [-0.39, 0.29) is 11.3 Å². The summed E-state index contributed by atoms with van der Waals surface area (Å²) in [5.41, 5.74) is 5.56. The third-order valence-corrected chi connectivity index (χ3v) is 7.27. The molecule has 1 aliphatic rings. The third kappa shape index (κ3) is 10.1. The minimum atomic E-state index is -5.08. The molecule has 3 aromatic rings. The van der Waals surface area contributed by atoms with Gasteiger partial charge in [0.05, 0.1) is 0 Å². The van der Waals surface area contributed by atoms with Gasteiger partial charge in [0.15, 0.2) is 0 Å². The molecule has 2 N–H and O–H groups in total. The van der Waals surface area contributed by atoms with E-state index in [1.807, 2.05) is 24.3 Å². The summed E-state index contributed by atoms with van der Waals surface area (Å²) < 4.78 is 31.7. The molecule has 1 amide bonds. The molecular formula is C30H36F3N3O3S. The molecule has 40 heavy (non-hydrogen) atoms. The van der Waals surface area contributed by atoms with Crippen LogP contribution in [0.4, 0.5) is 18.9 Å². The molecular weight excluding hydrogens is 539 g/mol. The lowest BCUT2D eigenvalue weighted by molar-refractivity contribution is -0.192. The van der Waals surface area contributed by atoms with Crippen molar-refractivity contribution in [2.24, 2.45) is 0 Å². The summed E-state index contributed by atoms with van der Waals surface area (Å²) >= 11 is 1.77. The first-order chi connectivity index (χ1) is 18.8. The highest BCUT2D eigenvalue weighted by Crippen LogP contribution is 2.24. The van der Waals surface area contributed by atoms with Gasteiger partial charge in [-0.3, -0.25) is 14.6 Å². The van der Waals surface area contributed by atoms with Crippen LogP contribution in [0.1, 0.15) is 54.2 Å². The summed E-state index contributed by atoms with van der Waals surface area (Å²) in [5, 5.41) is 14.5. The SMILES string of the molecule is CC(C)(C)c1ccc(NC(=O)c2ccc(CN3CCCN(Cc4ccsc4)CC3)cc2)cc1.O=C(O)C(F)(F)F. The van der Waals surface area contributed by atoms with Crippen LogP contribution in [0.15, 0.2) is 65.4 Å². The van der Waals surface area contributed by atoms with E-state index < -0.39 is 12.1 Å². The van der Waals surface area contributed by atoms with Crippen LogP contribution in [0.25, 0.3) is 0 Å². The molecule has 1 saturated heterocycles. The number of hydrogen-bond donors (Lipinski definition) is 2. The molecule has 1 fully saturated rings. The van der Waals surface area contributed by atoms with Crippen molar-refractivity contribution >= 4 is 28.9 Å². The van der Waals surface area contributed by atoms with Gasteiger partial charge in [-0.05, 0) is 82.7 Å². The molecule has 10 heteroatoms. The zero-order chi connectivity index (χ0) is 29.3. The monoisotopic (exact) mass is 575 g/mol. The first-order valence-corrected chi connectivity index (χ1v) is 14.0. The van der Waals surface area contributed by atoms with Crippen molar-refractivity contribution in [3.05, 3.63) is 87.6 Å². The van der Waals surface area contributed by atoms with E-state index >= 15 is 0 Å². The van der Waals surface area contributed by atoms with Gasteiger partial charge < -0.3 is 10.4 Å². The minimum Gasteiger partial charge on any atom is -0.475 e. The Labute approximate surface area is 237 Å². The number of alkyl halides is 3. The maximum atomic E-state index is 12.7. The number of nitrogens with one attached hydrogen (secondary N) is 1. The maximum Gasteiger partial charge on any atom is 0.490 e. The lowest BCUT2D eigenvalue weighted by Crippen LogP contribution is -2.30. The average molecular weight is 576 g/mol. The molecule has 0 saturated carbocycles. The van der Waals surface area contributed by atoms with Gasteiger partial charge in [0.25, 0.3) is 5.91 Å². The maximum absolute atomic E-state index is 12.7. The van der Waals surface area contributed by atoms with Crippen LogP contribution in [0.5, 0.6) is 0 Å². The van der Waals surface area contributed by atoms with Crippen LogP contribution in [-0.4, -0.2) is 59.1 Å². The van der Waals surface area contributed by atoms with E-state index in [0.29, 0.717) is 5.56 Å². The lowest BCUT2D eigenvalue weighted by atomic mass is 9.87. The fraction of sp³-hybridized carbons (Fsp3) is 0.400. The van der Waals surface area contributed by atoms with Gasteiger partial charge in [0, 0.05) is 37.4 Å². The van der Waals surface area contributed by atoms with Crippen molar-refractivity contribution in [2.75, 3.05) is 31.5 Å². The van der Waals surface area contributed by atoms with E-state index in [9.17, 15) is 18.0 Å². The van der Waals surface area contributed by atoms with E-state index in [1.165, 1.54) is 23.1 Å². The Balaban J connectivity index is 0.000000559. The zero-order valence-corrected chi connectivity index (χ0v) is 23.8. The van der Waals surface area contributed by atoms with Crippen LogP contribution in [0.2, 0.25) is 0 Å². The number of carboxylic acids is 1. The molecule has 2 aromatic carbocycles. The largest absolute Gasteiger partial charge is 0.490 e. The number of anilines is 1. The van der Waals surface area contributed by atoms with Gasteiger partial charge in [-0.25, -0.2) is 4.79 Å². The topological polar surface area (TPSA) is 72.9 Å². The number of hydrogen-bond acceptors (Lipinski definition) is 5. The Morgan fingerprint density at radius 3 is 1.88 bits per heavy atom. The number of carboxylic acid groups (broad SMARTS) is 1. The van der Waals surface area contributed by atoms with Gasteiger partial charge in [-0.1, -0.05) is 45.0 Å². The summed E-state index contributed by atoms with van der Waals surface area (Å²) in [5.74, 6) is -2.82. The highest BCUT2D eigenvalue weighted by Gasteiger charge is 2.38. The molecule has 0 aliphatic carbocycles. The molecule has 0 bridgehead atoms. The van der Waals surface area contributed by atoms with Crippen molar-refractivity contribution in [2.45, 2.75) is 51.9 Å². The fourth-order valence-corrected chi connectivity index (χ4v) is 4.92. The number of amides is 1. The number of halogens is 3. The van der Waals surface area contributed by atoms with Gasteiger partial charge >= 0.3 is 12.1 Å². The van der Waals surface area contributed by atoms with Gasteiger partial charge in [0.2, 0.25) is 0 Å². The van der Waals surface area contributed by atoms with Crippen LogP contribution in [0, 0.1) is 0 Å². The molecule has 216 valence electrons. The number of carbonyl (C=O) groups is 2.